The molecule has 0 spiro atoms. The highest BCUT2D eigenvalue weighted by Crippen LogP contribution is 2.24. The van der Waals surface area contributed by atoms with Gasteiger partial charge >= 0.3 is 0 Å². The van der Waals surface area contributed by atoms with Crippen molar-refractivity contribution in [1.29, 1.82) is 0 Å². The molecule has 148 valence electrons. The Morgan fingerprint density at radius 2 is 1.48 bits per heavy atom. The lowest BCUT2D eigenvalue weighted by atomic mass is 10.0. The van der Waals surface area contributed by atoms with E-state index in [1.165, 1.54) is 0 Å². The van der Waals surface area contributed by atoms with Gasteiger partial charge in [0, 0.05) is 11.4 Å². The van der Waals surface area contributed by atoms with Crippen LogP contribution in [-0.2, 0) is 4.79 Å². The van der Waals surface area contributed by atoms with E-state index in [-0.39, 0.29) is 24.3 Å². The molecule has 3 rings (SSSR count). The van der Waals surface area contributed by atoms with Crippen LogP contribution < -0.4 is 15.4 Å². The van der Waals surface area contributed by atoms with Crippen molar-refractivity contribution in [2.75, 3.05) is 17.2 Å². The van der Waals surface area contributed by atoms with E-state index in [9.17, 15) is 9.59 Å². The molecule has 2 amide bonds. The zero-order chi connectivity index (χ0) is 20.6. The first-order valence-corrected chi connectivity index (χ1v) is 9.51. The van der Waals surface area contributed by atoms with Gasteiger partial charge in [-0.15, -0.1) is 0 Å². The molecule has 0 aliphatic rings. The number of ether oxygens (including phenoxy) is 1. The van der Waals surface area contributed by atoms with Crippen LogP contribution in [0.4, 0.5) is 11.4 Å². The maximum Gasteiger partial charge on any atom is 0.262 e. The molecule has 0 unspecified atom stereocenters. The van der Waals surface area contributed by atoms with Gasteiger partial charge in [-0.2, -0.15) is 0 Å². The molecule has 5 heteroatoms. The summed E-state index contributed by atoms with van der Waals surface area (Å²) in [5, 5.41) is 5.71. The van der Waals surface area contributed by atoms with Gasteiger partial charge in [0.2, 0.25) is 0 Å². The Morgan fingerprint density at radius 3 is 2.24 bits per heavy atom. The van der Waals surface area contributed by atoms with E-state index >= 15 is 0 Å². The summed E-state index contributed by atoms with van der Waals surface area (Å²) in [6, 6.07) is 23.7. The van der Waals surface area contributed by atoms with E-state index in [0.717, 1.165) is 11.3 Å². The van der Waals surface area contributed by atoms with Crippen molar-refractivity contribution in [3.8, 4) is 5.75 Å². The van der Waals surface area contributed by atoms with Crippen molar-refractivity contribution >= 4 is 23.2 Å². The molecule has 0 atom stereocenters. The van der Waals surface area contributed by atoms with Gasteiger partial charge in [0.05, 0.1) is 5.56 Å². The number of hydrogen-bond acceptors (Lipinski definition) is 3. The molecule has 0 fully saturated rings. The third kappa shape index (κ3) is 5.45. The molecular weight excluding hydrogens is 364 g/mol. The average molecular weight is 388 g/mol. The molecule has 0 heterocycles. The lowest BCUT2D eigenvalue weighted by molar-refractivity contribution is -0.118. The highest BCUT2D eigenvalue weighted by Gasteiger charge is 2.14. The first kappa shape index (κ1) is 20.1. The molecule has 0 radical (unpaired) electrons. The Balaban J connectivity index is 1.65. The number of anilines is 2. The Bertz CT molecular complexity index is 984. The summed E-state index contributed by atoms with van der Waals surface area (Å²) >= 11 is 0. The van der Waals surface area contributed by atoms with E-state index in [4.69, 9.17) is 4.74 Å². The maximum absolute atomic E-state index is 12.6. The first-order valence-electron chi connectivity index (χ1n) is 9.51. The highest BCUT2D eigenvalue weighted by atomic mass is 16.5. The third-order valence-corrected chi connectivity index (χ3v) is 4.38. The molecule has 0 saturated carbocycles. The van der Waals surface area contributed by atoms with Crippen LogP contribution in [-0.4, -0.2) is 18.4 Å². The molecule has 0 aliphatic carbocycles. The molecule has 3 aromatic carbocycles. The largest absolute Gasteiger partial charge is 0.483 e. The highest BCUT2D eigenvalue weighted by molar-refractivity contribution is 6.06. The predicted molar refractivity (Wildman–Crippen MR) is 115 cm³/mol. The van der Waals surface area contributed by atoms with Gasteiger partial charge in [0.25, 0.3) is 11.8 Å². The second-order valence-corrected chi connectivity index (χ2v) is 6.90. The quantitative estimate of drug-likeness (QED) is 0.593. The lowest BCUT2D eigenvalue weighted by Crippen LogP contribution is -2.22. The predicted octanol–water partition coefficient (Wildman–Crippen LogP) is 5.08. The molecular formula is C24H24N2O3. The van der Waals surface area contributed by atoms with Gasteiger partial charge < -0.3 is 15.4 Å². The summed E-state index contributed by atoms with van der Waals surface area (Å²) in [4.78, 5) is 25.0. The monoisotopic (exact) mass is 388 g/mol. The zero-order valence-corrected chi connectivity index (χ0v) is 16.5. The minimum Gasteiger partial charge on any atom is -0.483 e. The Kier molecular flexibility index (Phi) is 6.63. The minimum atomic E-state index is -0.294. The number of carbonyl (C=O) groups is 2. The first-order chi connectivity index (χ1) is 14.0. The Hall–Kier alpha value is -3.60. The van der Waals surface area contributed by atoms with Crippen molar-refractivity contribution in [1.82, 2.24) is 0 Å². The van der Waals surface area contributed by atoms with Gasteiger partial charge in [0.1, 0.15) is 5.75 Å². The maximum atomic E-state index is 12.6. The third-order valence-electron chi connectivity index (χ3n) is 4.38. The smallest absolute Gasteiger partial charge is 0.262 e. The van der Waals surface area contributed by atoms with Gasteiger partial charge in [-0.3, -0.25) is 9.59 Å². The zero-order valence-electron chi connectivity index (χ0n) is 16.5. The molecule has 0 aliphatic heterocycles. The van der Waals surface area contributed by atoms with Gasteiger partial charge in [0.15, 0.2) is 6.61 Å². The molecule has 0 bridgehead atoms. The van der Waals surface area contributed by atoms with E-state index < -0.39 is 0 Å². The number of amides is 2. The molecule has 0 saturated heterocycles. The van der Waals surface area contributed by atoms with Crippen molar-refractivity contribution < 1.29 is 14.3 Å². The number of hydrogen-bond donors (Lipinski definition) is 2. The summed E-state index contributed by atoms with van der Waals surface area (Å²) < 4.78 is 5.66. The number of benzene rings is 3. The van der Waals surface area contributed by atoms with E-state index in [1.54, 1.807) is 36.4 Å². The SMILES string of the molecule is CC(C)c1ccccc1NC(=O)COc1ccccc1C(=O)Nc1ccccc1. The van der Waals surface area contributed by atoms with Crippen molar-refractivity contribution in [2.45, 2.75) is 19.8 Å². The number of para-hydroxylation sites is 3. The summed E-state index contributed by atoms with van der Waals surface area (Å²) in [7, 11) is 0. The average Bonchev–Trinajstić information content (AvgIpc) is 2.73. The van der Waals surface area contributed by atoms with E-state index in [2.05, 4.69) is 24.5 Å². The van der Waals surface area contributed by atoms with Crippen LogP contribution in [0.3, 0.4) is 0 Å². The summed E-state index contributed by atoms with van der Waals surface area (Å²) in [5.41, 5.74) is 2.89. The molecule has 3 aromatic rings. The van der Waals surface area contributed by atoms with Crippen LogP contribution in [0, 0.1) is 0 Å². The standard InChI is InChI=1S/C24H24N2O3/c1-17(2)19-12-6-8-14-21(19)26-23(27)16-29-22-15-9-7-13-20(22)24(28)25-18-10-4-3-5-11-18/h3-15,17H,16H2,1-2H3,(H,25,28)(H,26,27). The van der Waals surface area contributed by atoms with Crippen molar-refractivity contribution in [3.63, 3.8) is 0 Å². The Labute approximate surface area is 170 Å². The number of rotatable bonds is 7. The normalized spacial score (nSPS) is 10.4. The fourth-order valence-corrected chi connectivity index (χ4v) is 2.94. The topological polar surface area (TPSA) is 67.4 Å². The van der Waals surface area contributed by atoms with Crippen LogP contribution in [0.15, 0.2) is 78.9 Å². The van der Waals surface area contributed by atoms with E-state index in [0.29, 0.717) is 17.0 Å². The van der Waals surface area contributed by atoms with Crippen LogP contribution in [0.25, 0.3) is 0 Å². The summed E-state index contributed by atoms with van der Waals surface area (Å²) in [6.45, 7) is 3.95. The lowest BCUT2D eigenvalue weighted by Gasteiger charge is -2.15. The molecule has 5 nitrogen and oxygen atoms in total. The van der Waals surface area contributed by atoms with E-state index in [1.807, 2.05) is 42.5 Å². The van der Waals surface area contributed by atoms with Crippen LogP contribution in [0.5, 0.6) is 5.75 Å². The van der Waals surface area contributed by atoms with Gasteiger partial charge in [-0.05, 0) is 41.8 Å². The molecule has 2 N–H and O–H groups in total. The Morgan fingerprint density at radius 1 is 0.828 bits per heavy atom. The number of nitrogens with one attached hydrogen (secondary N) is 2. The minimum absolute atomic E-state index is 0.192. The van der Waals surface area contributed by atoms with Gasteiger partial charge in [-0.25, -0.2) is 0 Å². The number of carbonyl (C=O) groups excluding carboxylic acids is 2. The fraction of sp³-hybridized carbons (Fsp3) is 0.167. The van der Waals surface area contributed by atoms with Gasteiger partial charge in [-0.1, -0.05) is 62.4 Å². The second kappa shape index (κ2) is 9.55. The van der Waals surface area contributed by atoms with Crippen LogP contribution in [0.2, 0.25) is 0 Å². The molecule has 0 aromatic heterocycles. The summed E-state index contributed by atoms with van der Waals surface area (Å²) in [6.07, 6.45) is 0. The summed E-state index contributed by atoms with van der Waals surface area (Å²) in [5.74, 6) is 0.0665. The van der Waals surface area contributed by atoms with Crippen LogP contribution in [0.1, 0.15) is 35.7 Å². The van der Waals surface area contributed by atoms with Crippen molar-refractivity contribution in [3.05, 3.63) is 90.0 Å². The molecule has 29 heavy (non-hydrogen) atoms. The van der Waals surface area contributed by atoms with Crippen molar-refractivity contribution in [2.24, 2.45) is 0 Å². The van der Waals surface area contributed by atoms with Crippen LogP contribution >= 0.6 is 0 Å². The fourth-order valence-electron chi connectivity index (χ4n) is 2.94. The second-order valence-electron chi connectivity index (χ2n) is 6.90.